The molecule has 106 valence electrons. The predicted octanol–water partition coefficient (Wildman–Crippen LogP) is 2.15. The largest absolute Gasteiger partial charge is 0.490 e. The highest BCUT2D eigenvalue weighted by Crippen LogP contribution is 2.30. The topological polar surface area (TPSA) is 85.1 Å². The molecule has 19 heavy (non-hydrogen) atoms. The summed E-state index contributed by atoms with van der Waals surface area (Å²) in [7, 11) is 1.59. The fraction of sp³-hybridized carbons (Fsp3) is 0.692. The molecule has 0 unspecified atom stereocenters. The highest BCUT2D eigenvalue weighted by molar-refractivity contribution is 5.62. The van der Waals surface area contributed by atoms with E-state index in [-0.39, 0.29) is 0 Å². The first-order valence-corrected chi connectivity index (χ1v) is 6.94. The Hall–Kier alpha value is -1.56. The van der Waals surface area contributed by atoms with Crippen molar-refractivity contribution in [3.05, 3.63) is 6.33 Å². The fourth-order valence-electron chi connectivity index (χ4n) is 2.69. The number of hydrazine groups is 1. The van der Waals surface area contributed by atoms with Crippen LogP contribution in [0.1, 0.15) is 38.5 Å². The highest BCUT2D eigenvalue weighted by Gasteiger charge is 2.14. The van der Waals surface area contributed by atoms with E-state index in [2.05, 4.69) is 20.7 Å². The van der Waals surface area contributed by atoms with E-state index in [1.165, 1.54) is 38.4 Å². The average Bonchev–Trinajstić information content (AvgIpc) is 2.96. The predicted molar refractivity (Wildman–Crippen MR) is 76.1 cm³/mol. The molecule has 1 saturated carbocycles. The van der Waals surface area contributed by atoms with Gasteiger partial charge in [0.05, 0.1) is 7.11 Å². The molecule has 1 fully saturated rings. The van der Waals surface area contributed by atoms with Crippen molar-refractivity contribution in [1.29, 1.82) is 0 Å². The van der Waals surface area contributed by atoms with Crippen LogP contribution in [0.5, 0.6) is 5.75 Å². The Morgan fingerprint density at radius 2 is 2.05 bits per heavy atom. The minimum absolute atomic E-state index is 0.496. The van der Waals surface area contributed by atoms with Crippen LogP contribution in [0.25, 0.3) is 0 Å². The van der Waals surface area contributed by atoms with Gasteiger partial charge in [-0.1, -0.05) is 25.7 Å². The van der Waals surface area contributed by atoms with Crippen molar-refractivity contribution in [2.45, 2.75) is 38.5 Å². The average molecular weight is 265 g/mol. The molecule has 0 aromatic carbocycles. The van der Waals surface area contributed by atoms with Crippen molar-refractivity contribution < 1.29 is 4.74 Å². The standard InChI is InChI=1S/C13H23N5O/c1-19-11-12(16-9-17-13(11)18-14)15-8-4-7-10-5-2-3-6-10/h9-10H,2-8,14H2,1H3,(H2,15,16,17,18). The van der Waals surface area contributed by atoms with Gasteiger partial charge in [0.2, 0.25) is 5.75 Å². The molecule has 6 heteroatoms. The molecule has 4 N–H and O–H groups in total. The molecule has 6 nitrogen and oxygen atoms in total. The van der Waals surface area contributed by atoms with Crippen LogP contribution in [0.4, 0.5) is 11.6 Å². The SMILES string of the molecule is COc1c(NN)ncnc1NCCCC1CCCC1. The number of anilines is 2. The van der Waals surface area contributed by atoms with Crippen LogP contribution in [0.3, 0.4) is 0 Å². The number of nitrogen functional groups attached to an aromatic ring is 1. The number of nitrogens with one attached hydrogen (secondary N) is 2. The molecule has 1 aliphatic rings. The normalized spacial score (nSPS) is 15.5. The van der Waals surface area contributed by atoms with Crippen molar-refractivity contribution in [2.75, 3.05) is 24.4 Å². The second-order valence-electron chi connectivity index (χ2n) is 4.97. The smallest absolute Gasteiger partial charge is 0.205 e. The van der Waals surface area contributed by atoms with Crippen LogP contribution in [-0.2, 0) is 0 Å². The minimum atomic E-state index is 0.496. The molecule has 0 aliphatic heterocycles. The van der Waals surface area contributed by atoms with Crippen molar-refractivity contribution in [1.82, 2.24) is 9.97 Å². The first kappa shape index (κ1) is 13.9. The van der Waals surface area contributed by atoms with Crippen molar-refractivity contribution in [3.63, 3.8) is 0 Å². The molecule has 0 atom stereocenters. The molecule has 0 spiro atoms. The van der Waals surface area contributed by atoms with Gasteiger partial charge >= 0.3 is 0 Å². The van der Waals surface area contributed by atoms with E-state index in [1.54, 1.807) is 7.11 Å². The van der Waals surface area contributed by atoms with Gasteiger partial charge in [0.1, 0.15) is 6.33 Å². The Morgan fingerprint density at radius 3 is 2.74 bits per heavy atom. The van der Waals surface area contributed by atoms with Crippen LogP contribution in [0, 0.1) is 5.92 Å². The lowest BCUT2D eigenvalue weighted by Gasteiger charge is -2.13. The number of ether oxygens (including phenoxy) is 1. The van der Waals surface area contributed by atoms with Crippen LogP contribution in [0.15, 0.2) is 6.33 Å². The number of hydrogen-bond donors (Lipinski definition) is 3. The van der Waals surface area contributed by atoms with Gasteiger partial charge in [-0.2, -0.15) is 0 Å². The van der Waals surface area contributed by atoms with E-state index >= 15 is 0 Å². The number of rotatable bonds is 7. The quantitative estimate of drug-likeness (QED) is 0.398. The summed E-state index contributed by atoms with van der Waals surface area (Å²) in [6.45, 7) is 0.897. The summed E-state index contributed by atoms with van der Waals surface area (Å²) in [4.78, 5) is 8.19. The van der Waals surface area contributed by atoms with Gasteiger partial charge in [0, 0.05) is 6.54 Å². The first-order valence-electron chi connectivity index (χ1n) is 6.94. The lowest BCUT2D eigenvalue weighted by molar-refractivity contribution is 0.414. The van der Waals surface area contributed by atoms with Crippen LogP contribution < -0.4 is 21.3 Å². The van der Waals surface area contributed by atoms with Gasteiger partial charge in [-0.05, 0) is 18.8 Å². The summed E-state index contributed by atoms with van der Waals surface area (Å²) in [5, 5.41) is 3.29. The molecule has 2 rings (SSSR count). The van der Waals surface area contributed by atoms with E-state index < -0.39 is 0 Å². The maximum Gasteiger partial charge on any atom is 0.205 e. The van der Waals surface area contributed by atoms with Crippen molar-refractivity contribution in [2.24, 2.45) is 11.8 Å². The van der Waals surface area contributed by atoms with Crippen LogP contribution >= 0.6 is 0 Å². The third-order valence-corrected chi connectivity index (χ3v) is 3.70. The second kappa shape index (κ2) is 7.13. The molecule has 0 amide bonds. The maximum atomic E-state index is 5.38. The molecule has 0 radical (unpaired) electrons. The Bertz CT molecular complexity index is 393. The van der Waals surface area contributed by atoms with E-state index in [1.807, 2.05) is 0 Å². The van der Waals surface area contributed by atoms with E-state index in [9.17, 15) is 0 Å². The molecular weight excluding hydrogens is 242 g/mol. The Balaban J connectivity index is 1.81. The molecule has 1 aliphatic carbocycles. The molecule has 0 saturated heterocycles. The third kappa shape index (κ3) is 3.70. The number of nitrogens with zero attached hydrogens (tertiary/aromatic N) is 2. The summed E-state index contributed by atoms with van der Waals surface area (Å²) in [5.41, 5.74) is 2.51. The lowest BCUT2D eigenvalue weighted by atomic mass is 10.0. The molecule has 1 aromatic heterocycles. The number of aromatic nitrogens is 2. The van der Waals surface area contributed by atoms with Crippen LogP contribution in [0.2, 0.25) is 0 Å². The number of hydrogen-bond acceptors (Lipinski definition) is 6. The Kier molecular flexibility index (Phi) is 5.20. The first-order chi connectivity index (χ1) is 9.35. The fourth-order valence-corrected chi connectivity index (χ4v) is 2.69. The minimum Gasteiger partial charge on any atom is -0.490 e. The summed E-state index contributed by atoms with van der Waals surface area (Å²) in [5.74, 6) is 8.06. The Morgan fingerprint density at radius 1 is 1.32 bits per heavy atom. The van der Waals surface area contributed by atoms with Gasteiger partial charge in [-0.3, -0.25) is 0 Å². The summed E-state index contributed by atoms with van der Waals surface area (Å²) in [6, 6.07) is 0. The van der Waals surface area contributed by atoms with E-state index in [4.69, 9.17) is 10.6 Å². The summed E-state index contributed by atoms with van der Waals surface area (Å²) < 4.78 is 5.27. The van der Waals surface area contributed by atoms with Gasteiger partial charge in [-0.25, -0.2) is 15.8 Å². The third-order valence-electron chi connectivity index (χ3n) is 3.70. The van der Waals surface area contributed by atoms with Gasteiger partial charge in [-0.15, -0.1) is 0 Å². The van der Waals surface area contributed by atoms with Crippen molar-refractivity contribution in [3.8, 4) is 5.75 Å². The highest BCUT2D eigenvalue weighted by atomic mass is 16.5. The molecular formula is C13H23N5O. The van der Waals surface area contributed by atoms with Crippen molar-refractivity contribution >= 4 is 11.6 Å². The van der Waals surface area contributed by atoms with Gasteiger partial charge in [0.15, 0.2) is 11.6 Å². The zero-order valence-electron chi connectivity index (χ0n) is 11.5. The summed E-state index contributed by atoms with van der Waals surface area (Å²) >= 11 is 0. The zero-order valence-corrected chi connectivity index (χ0v) is 11.5. The van der Waals surface area contributed by atoms with Crippen LogP contribution in [-0.4, -0.2) is 23.6 Å². The van der Waals surface area contributed by atoms with E-state index in [0.717, 1.165) is 18.9 Å². The molecule has 0 bridgehead atoms. The Labute approximate surface area is 114 Å². The maximum absolute atomic E-state index is 5.38. The zero-order chi connectivity index (χ0) is 13.5. The van der Waals surface area contributed by atoms with Gasteiger partial charge < -0.3 is 15.5 Å². The van der Waals surface area contributed by atoms with E-state index in [0.29, 0.717) is 17.4 Å². The number of methoxy groups -OCH3 is 1. The molecule has 1 aromatic rings. The number of nitrogens with two attached hydrogens (primary N) is 1. The monoisotopic (exact) mass is 265 g/mol. The lowest BCUT2D eigenvalue weighted by Crippen LogP contribution is -2.13. The summed E-state index contributed by atoms with van der Waals surface area (Å²) in [6.07, 6.45) is 9.53. The van der Waals surface area contributed by atoms with Gasteiger partial charge in [0.25, 0.3) is 0 Å². The second-order valence-corrected chi connectivity index (χ2v) is 4.97. The molecule has 1 heterocycles.